The molecule has 1 saturated heterocycles. The van der Waals surface area contributed by atoms with Gasteiger partial charge < -0.3 is 4.90 Å². The van der Waals surface area contributed by atoms with E-state index in [-0.39, 0.29) is 51.7 Å². The first-order valence-corrected chi connectivity index (χ1v) is 21.1. The second-order valence-corrected chi connectivity index (χ2v) is 17.2. The number of carbonyl (C=O) groups is 1. The largest absolute Gasteiger partial charge is 0.355 e. The fourth-order valence-corrected chi connectivity index (χ4v) is 9.35. The van der Waals surface area contributed by atoms with Gasteiger partial charge in [0.2, 0.25) is 0 Å². The number of sulfonamides is 1. The number of aromatic nitrogens is 5. The summed E-state index contributed by atoms with van der Waals surface area (Å²) in [6, 6.07) is 13.4. The number of hydrogen-bond acceptors (Lipinski definition) is 12. The summed E-state index contributed by atoms with van der Waals surface area (Å²) in [5, 5.41) is 12.1. The van der Waals surface area contributed by atoms with E-state index in [9.17, 15) is 32.0 Å². The van der Waals surface area contributed by atoms with Gasteiger partial charge in [-0.3, -0.25) is 24.0 Å². The van der Waals surface area contributed by atoms with Crippen LogP contribution in [0.5, 0.6) is 0 Å². The molecule has 0 aliphatic carbocycles. The van der Waals surface area contributed by atoms with Gasteiger partial charge in [0.25, 0.3) is 27.4 Å². The number of rotatable bonds is 9. The van der Waals surface area contributed by atoms with E-state index in [1.165, 1.54) is 45.8 Å². The van der Waals surface area contributed by atoms with Crippen molar-refractivity contribution in [3.05, 3.63) is 104 Å². The van der Waals surface area contributed by atoms with Gasteiger partial charge in [0.15, 0.2) is 5.03 Å². The highest BCUT2D eigenvalue weighted by atomic mass is 35.5. The van der Waals surface area contributed by atoms with Crippen LogP contribution in [-0.2, 0) is 16.6 Å². The maximum absolute atomic E-state index is 14.1. The van der Waals surface area contributed by atoms with Crippen molar-refractivity contribution in [2.75, 3.05) is 31.6 Å². The van der Waals surface area contributed by atoms with Crippen LogP contribution in [0.15, 0.2) is 70.1 Å². The van der Waals surface area contributed by atoms with Crippen LogP contribution in [0.1, 0.15) is 52.8 Å². The number of halogens is 3. The zero-order valence-electron chi connectivity index (χ0n) is 32.3. The number of aryl methyl sites for hydroxylation is 2. The third-order valence-electron chi connectivity index (χ3n) is 10.0. The Morgan fingerprint density at radius 3 is 2.59 bits per heavy atom. The van der Waals surface area contributed by atoms with Crippen LogP contribution in [0.25, 0.3) is 32.2 Å². The van der Waals surface area contributed by atoms with E-state index >= 15 is 0 Å². The number of thiophene rings is 1. The Bertz CT molecular complexity index is 2930. The summed E-state index contributed by atoms with van der Waals surface area (Å²) in [6.07, 6.45) is 4.14. The Balaban J connectivity index is 1.17. The number of anilines is 1. The smallest absolute Gasteiger partial charge is 0.281 e. The summed E-state index contributed by atoms with van der Waals surface area (Å²) < 4.78 is 57.3. The molecule has 6 heterocycles. The van der Waals surface area contributed by atoms with Gasteiger partial charge in [-0.2, -0.15) is 13.7 Å². The van der Waals surface area contributed by atoms with Crippen molar-refractivity contribution in [1.82, 2.24) is 34.1 Å². The number of fused-ring (bicyclic) bond motifs is 2. The van der Waals surface area contributed by atoms with E-state index in [1.54, 1.807) is 56.1 Å². The number of nitrogens with one attached hydrogen (secondary N) is 1. The van der Waals surface area contributed by atoms with E-state index in [1.807, 2.05) is 4.90 Å². The van der Waals surface area contributed by atoms with Crippen molar-refractivity contribution in [1.29, 1.82) is 5.26 Å². The topological polar surface area (TPSA) is 167 Å². The van der Waals surface area contributed by atoms with E-state index in [0.717, 1.165) is 6.92 Å². The molecule has 6 aromatic rings. The number of amides is 1. The van der Waals surface area contributed by atoms with E-state index in [4.69, 9.17) is 11.6 Å². The maximum Gasteiger partial charge on any atom is 0.281 e. The van der Waals surface area contributed by atoms with Crippen LogP contribution < -0.4 is 15.2 Å². The minimum atomic E-state index is -4.26. The van der Waals surface area contributed by atoms with Crippen molar-refractivity contribution in [2.45, 2.75) is 57.1 Å². The van der Waals surface area contributed by atoms with Crippen LogP contribution >= 0.6 is 22.9 Å². The molecule has 18 heteroatoms. The second kappa shape index (κ2) is 16.4. The number of carbonyl (C=O) groups excluding carboxylic acids is 1. The highest BCUT2D eigenvalue weighted by molar-refractivity contribution is 7.90. The fraction of sp³-hybridized carbons (Fsp3) is 0.293. The molecule has 0 bridgehead atoms. The average molecular weight is 856 g/mol. The molecule has 1 fully saturated rings. The second-order valence-electron chi connectivity index (χ2n) is 14.3. The molecule has 5 aromatic heterocycles. The zero-order valence-corrected chi connectivity index (χ0v) is 34.6. The number of pyridine rings is 3. The Labute approximate surface area is 347 Å². The molecule has 1 aliphatic rings. The van der Waals surface area contributed by atoms with Crippen molar-refractivity contribution < 1.29 is 22.0 Å². The van der Waals surface area contributed by atoms with Gasteiger partial charge in [-0.1, -0.05) is 29.5 Å². The molecule has 0 radical (unpaired) electrons. The maximum atomic E-state index is 14.1. The number of likely N-dealkylation sites (tertiary alicyclic amines) is 1. The first-order valence-electron chi connectivity index (χ1n) is 18.3. The number of benzene rings is 1. The van der Waals surface area contributed by atoms with Crippen LogP contribution in [0.3, 0.4) is 0 Å². The molecular formula is C41H36ClF2N9O4S2. The Morgan fingerprint density at radius 1 is 1.12 bits per heavy atom. The van der Waals surface area contributed by atoms with Gasteiger partial charge in [0, 0.05) is 72.1 Å². The quantitative estimate of drug-likeness (QED) is 0.162. The van der Waals surface area contributed by atoms with Gasteiger partial charge in [0.05, 0.1) is 46.0 Å². The third kappa shape index (κ3) is 8.65. The average Bonchev–Trinajstić information content (AvgIpc) is 3.63. The van der Waals surface area contributed by atoms with Gasteiger partial charge >= 0.3 is 0 Å². The zero-order chi connectivity index (χ0) is 42.2. The summed E-state index contributed by atoms with van der Waals surface area (Å²) in [5.41, 5.74) is 2.49. The molecule has 0 saturated carbocycles. The molecule has 1 aliphatic heterocycles. The standard InChI is InChI=1S/C41H36ClF2N9O4S2/c1-24-7-5-9-34(48-24)59(56,57)50-39(54)32-22-58-37-29(12-15-46-36(32)37)30-19-27(42)11-10-26(30)8-6-16-53-25(2)49-33-21-47-38(31(20-45)35(33)40(53)55)51(4)28-13-17-52(18-14-28)23-41(3,43)44/h5,7,9-12,15,19,21-22,28H,13-14,16-18,23H2,1-4H3,(H,50,54). The number of alkyl halides is 2. The number of piperidine rings is 1. The predicted molar refractivity (Wildman–Crippen MR) is 222 cm³/mol. The van der Waals surface area contributed by atoms with Gasteiger partial charge in [-0.25, -0.2) is 28.5 Å². The SMILES string of the molecule is Cc1cccc(S(=O)(=O)NC(=O)c2csc3c(-c4cc(Cl)ccc4C#CCn4c(C)nc5cnc(N(C)C6CCN(CC(C)(F)F)CC6)c(C#N)c5c4=O)ccnc23)n1. The van der Waals surface area contributed by atoms with Crippen molar-refractivity contribution >= 4 is 65.8 Å². The summed E-state index contributed by atoms with van der Waals surface area (Å²) >= 11 is 7.67. The lowest BCUT2D eigenvalue weighted by molar-refractivity contribution is -0.0198. The summed E-state index contributed by atoms with van der Waals surface area (Å²) in [7, 11) is -2.48. The molecular weight excluding hydrogens is 820 g/mol. The Kier molecular flexibility index (Phi) is 11.5. The molecule has 7 rings (SSSR count). The van der Waals surface area contributed by atoms with Crippen LogP contribution in [0.4, 0.5) is 14.6 Å². The normalized spacial score (nSPS) is 13.9. The molecule has 0 atom stereocenters. The molecule has 13 nitrogen and oxygen atoms in total. The van der Waals surface area contributed by atoms with Crippen LogP contribution in [-0.4, -0.2) is 82.4 Å². The highest BCUT2D eigenvalue weighted by Crippen LogP contribution is 2.37. The molecule has 302 valence electrons. The molecule has 1 amide bonds. The lowest BCUT2D eigenvalue weighted by Crippen LogP contribution is -2.46. The van der Waals surface area contributed by atoms with Crippen LogP contribution in [0, 0.1) is 37.0 Å². The molecule has 1 aromatic carbocycles. The molecule has 0 spiro atoms. The van der Waals surface area contributed by atoms with E-state index < -0.39 is 27.4 Å². The number of nitriles is 1. The monoisotopic (exact) mass is 855 g/mol. The van der Waals surface area contributed by atoms with Crippen molar-refractivity contribution in [3.63, 3.8) is 0 Å². The first-order chi connectivity index (χ1) is 28.0. The molecule has 59 heavy (non-hydrogen) atoms. The summed E-state index contributed by atoms with van der Waals surface area (Å²) in [4.78, 5) is 48.5. The lowest BCUT2D eigenvalue weighted by atomic mass is 10.00. The third-order valence-corrected chi connectivity index (χ3v) is 12.5. The number of hydrogen-bond donors (Lipinski definition) is 1. The molecule has 0 unspecified atom stereocenters. The Morgan fingerprint density at radius 2 is 1.88 bits per heavy atom. The molecule has 1 N–H and O–H groups in total. The Hall–Kier alpha value is -5.85. The fourth-order valence-electron chi connectivity index (χ4n) is 7.16. The minimum absolute atomic E-state index is 0.0578. The number of nitrogens with zero attached hydrogens (tertiary/aromatic N) is 8. The minimum Gasteiger partial charge on any atom is -0.355 e. The first kappa shape index (κ1) is 41.3. The highest BCUT2D eigenvalue weighted by Gasteiger charge is 2.31. The van der Waals surface area contributed by atoms with Gasteiger partial charge in [0.1, 0.15) is 23.3 Å². The van der Waals surface area contributed by atoms with Crippen molar-refractivity contribution in [3.8, 4) is 29.0 Å². The lowest BCUT2D eigenvalue weighted by Gasteiger charge is -2.38. The van der Waals surface area contributed by atoms with Crippen molar-refractivity contribution in [2.24, 2.45) is 0 Å². The van der Waals surface area contributed by atoms with Crippen LogP contribution in [0.2, 0.25) is 5.02 Å². The van der Waals surface area contributed by atoms with Gasteiger partial charge in [-0.15, -0.1) is 11.3 Å². The van der Waals surface area contributed by atoms with E-state index in [0.29, 0.717) is 69.7 Å². The predicted octanol–water partition coefficient (Wildman–Crippen LogP) is 6.33. The van der Waals surface area contributed by atoms with Gasteiger partial charge in [-0.05, 0) is 63.1 Å². The van der Waals surface area contributed by atoms with E-state index in [2.05, 4.69) is 42.6 Å². The summed E-state index contributed by atoms with van der Waals surface area (Å²) in [5.74, 6) is 3.23. The summed E-state index contributed by atoms with van der Waals surface area (Å²) in [6.45, 7) is 4.75.